The van der Waals surface area contributed by atoms with E-state index in [4.69, 9.17) is 4.98 Å². The first-order chi connectivity index (χ1) is 14.6. The summed E-state index contributed by atoms with van der Waals surface area (Å²) in [7, 11) is 0. The molecule has 0 aromatic carbocycles. The lowest BCUT2D eigenvalue weighted by Gasteiger charge is -2.37. The van der Waals surface area contributed by atoms with Crippen molar-refractivity contribution in [2.24, 2.45) is 0 Å². The van der Waals surface area contributed by atoms with Crippen LogP contribution in [-0.2, 0) is 12.8 Å². The molecule has 0 spiro atoms. The van der Waals surface area contributed by atoms with Crippen molar-refractivity contribution in [3.8, 4) is 5.82 Å². The van der Waals surface area contributed by atoms with Gasteiger partial charge in [0.15, 0.2) is 5.82 Å². The van der Waals surface area contributed by atoms with Crippen LogP contribution in [-0.4, -0.2) is 55.9 Å². The Bertz CT molecular complexity index is 1060. The van der Waals surface area contributed by atoms with E-state index in [1.807, 2.05) is 18.5 Å². The Balaban J connectivity index is 1.36. The first-order valence-electron chi connectivity index (χ1n) is 10.8. The third kappa shape index (κ3) is 3.51. The van der Waals surface area contributed by atoms with E-state index in [2.05, 4.69) is 48.9 Å². The monoisotopic (exact) mass is 404 g/mol. The summed E-state index contributed by atoms with van der Waals surface area (Å²) in [6.07, 6.45) is 6.40. The van der Waals surface area contributed by atoms with Gasteiger partial charge < -0.3 is 9.80 Å². The number of hydrogen-bond donors (Lipinski definition) is 0. The summed E-state index contributed by atoms with van der Waals surface area (Å²) in [6.45, 7) is 9.69. The van der Waals surface area contributed by atoms with E-state index in [1.54, 1.807) is 6.33 Å². The fourth-order valence-corrected chi connectivity index (χ4v) is 4.59. The van der Waals surface area contributed by atoms with Crippen molar-refractivity contribution in [3.63, 3.8) is 0 Å². The Morgan fingerprint density at radius 3 is 2.30 bits per heavy atom. The van der Waals surface area contributed by atoms with Gasteiger partial charge in [0, 0.05) is 49.2 Å². The molecule has 1 aliphatic heterocycles. The van der Waals surface area contributed by atoms with E-state index in [0.29, 0.717) is 0 Å². The molecule has 0 unspecified atom stereocenters. The quantitative estimate of drug-likeness (QED) is 0.664. The van der Waals surface area contributed by atoms with Crippen LogP contribution < -0.4 is 9.80 Å². The summed E-state index contributed by atoms with van der Waals surface area (Å²) in [6, 6.07) is 4.12. The molecule has 0 N–H and O–H groups in total. The van der Waals surface area contributed by atoms with E-state index >= 15 is 0 Å². The molecule has 1 aliphatic carbocycles. The van der Waals surface area contributed by atoms with Crippen LogP contribution >= 0.6 is 0 Å². The maximum atomic E-state index is 4.72. The molecular formula is C22H28N8. The van der Waals surface area contributed by atoms with Crippen LogP contribution in [0.25, 0.3) is 5.82 Å². The number of rotatable bonds is 3. The van der Waals surface area contributed by atoms with Crippen molar-refractivity contribution in [3.05, 3.63) is 46.9 Å². The van der Waals surface area contributed by atoms with Gasteiger partial charge in [0.25, 0.3) is 0 Å². The summed E-state index contributed by atoms with van der Waals surface area (Å²) in [5, 5.41) is 4.59. The number of anilines is 2. The van der Waals surface area contributed by atoms with Crippen molar-refractivity contribution < 1.29 is 0 Å². The van der Waals surface area contributed by atoms with E-state index in [1.165, 1.54) is 24.1 Å². The molecule has 1 saturated heterocycles. The van der Waals surface area contributed by atoms with E-state index < -0.39 is 0 Å². The van der Waals surface area contributed by atoms with Gasteiger partial charge in [-0.05, 0) is 52.5 Å². The van der Waals surface area contributed by atoms with Gasteiger partial charge in [-0.2, -0.15) is 5.10 Å². The van der Waals surface area contributed by atoms with E-state index in [0.717, 1.165) is 73.7 Å². The average molecular weight is 405 g/mol. The molecule has 4 heterocycles. The molecule has 156 valence electrons. The summed E-state index contributed by atoms with van der Waals surface area (Å²) >= 11 is 0. The van der Waals surface area contributed by atoms with Crippen LogP contribution in [0.15, 0.2) is 18.5 Å². The van der Waals surface area contributed by atoms with Gasteiger partial charge >= 0.3 is 0 Å². The molecule has 8 heteroatoms. The van der Waals surface area contributed by atoms with Crippen molar-refractivity contribution in [1.29, 1.82) is 0 Å². The van der Waals surface area contributed by atoms with Crippen LogP contribution in [0.1, 0.15) is 41.3 Å². The van der Waals surface area contributed by atoms with Gasteiger partial charge in [0.05, 0.1) is 5.69 Å². The Hall–Kier alpha value is -3.03. The van der Waals surface area contributed by atoms with Crippen LogP contribution in [0.3, 0.4) is 0 Å². The van der Waals surface area contributed by atoms with E-state index in [9.17, 15) is 0 Å². The lowest BCUT2D eigenvalue weighted by Crippen LogP contribution is -2.47. The largest absolute Gasteiger partial charge is 0.353 e. The molecule has 0 amide bonds. The third-order valence-electron chi connectivity index (χ3n) is 6.04. The number of aromatic nitrogens is 6. The van der Waals surface area contributed by atoms with Gasteiger partial charge in [-0.15, -0.1) is 0 Å². The highest BCUT2D eigenvalue weighted by atomic mass is 15.3. The minimum atomic E-state index is 0.766. The minimum Gasteiger partial charge on any atom is -0.353 e. The van der Waals surface area contributed by atoms with Crippen molar-refractivity contribution in [2.75, 3.05) is 36.0 Å². The molecule has 8 nitrogen and oxygen atoms in total. The molecule has 2 aliphatic rings. The van der Waals surface area contributed by atoms with Crippen LogP contribution in [0, 0.1) is 20.8 Å². The zero-order valence-electron chi connectivity index (χ0n) is 18.0. The Morgan fingerprint density at radius 2 is 1.53 bits per heavy atom. The molecular weight excluding hydrogens is 376 g/mol. The molecule has 3 aromatic heterocycles. The maximum Gasteiger partial charge on any atom is 0.159 e. The van der Waals surface area contributed by atoms with Crippen LogP contribution in [0.5, 0.6) is 0 Å². The van der Waals surface area contributed by atoms with Gasteiger partial charge in [-0.1, -0.05) is 0 Å². The first-order valence-corrected chi connectivity index (χ1v) is 10.8. The summed E-state index contributed by atoms with van der Waals surface area (Å²) in [4.78, 5) is 23.3. The first kappa shape index (κ1) is 19.0. The van der Waals surface area contributed by atoms with Crippen molar-refractivity contribution in [2.45, 2.75) is 46.5 Å². The van der Waals surface area contributed by atoms with Gasteiger partial charge in [-0.3, -0.25) is 0 Å². The maximum absolute atomic E-state index is 4.72. The summed E-state index contributed by atoms with van der Waals surface area (Å²) < 4.78 is 1.90. The second kappa shape index (κ2) is 7.66. The number of fused-ring (bicyclic) bond motifs is 1. The Kier molecular flexibility index (Phi) is 4.84. The summed E-state index contributed by atoms with van der Waals surface area (Å²) in [5.74, 6) is 3.70. The number of aryl methyl sites for hydroxylation is 4. The van der Waals surface area contributed by atoms with Crippen molar-refractivity contribution >= 4 is 11.6 Å². The van der Waals surface area contributed by atoms with Gasteiger partial charge in [0.2, 0.25) is 0 Å². The number of hydrogen-bond acceptors (Lipinski definition) is 7. The van der Waals surface area contributed by atoms with Crippen LogP contribution in [0.2, 0.25) is 0 Å². The fraction of sp³-hybridized carbons (Fsp3) is 0.500. The highest BCUT2D eigenvalue weighted by Gasteiger charge is 2.24. The second-order valence-corrected chi connectivity index (χ2v) is 8.27. The zero-order chi connectivity index (χ0) is 20.7. The fourth-order valence-electron chi connectivity index (χ4n) is 4.59. The molecule has 3 aromatic rings. The van der Waals surface area contributed by atoms with Gasteiger partial charge in [0.1, 0.15) is 23.8 Å². The second-order valence-electron chi connectivity index (χ2n) is 8.27. The predicted octanol–water partition coefficient (Wildman–Crippen LogP) is 2.58. The SMILES string of the molecule is Cc1cc(C)n(-c2cc(N3CCN(c4ncnc5c4CCCC5)CC3)nc(C)n2)n1. The molecule has 0 atom stereocenters. The van der Waals surface area contributed by atoms with Gasteiger partial charge in [-0.25, -0.2) is 24.6 Å². The molecule has 0 saturated carbocycles. The molecule has 1 fully saturated rings. The normalized spacial score (nSPS) is 16.6. The Labute approximate surface area is 177 Å². The molecule has 5 rings (SSSR count). The molecule has 0 bridgehead atoms. The molecule has 0 radical (unpaired) electrons. The standard InChI is InChI=1S/C22H28N8/c1-15-12-16(2)30(27-15)21-13-20(25-17(3)26-21)28-8-10-29(11-9-28)22-18-6-4-5-7-19(18)23-14-24-22/h12-14H,4-11H2,1-3H3. The van der Waals surface area contributed by atoms with Crippen molar-refractivity contribution in [1.82, 2.24) is 29.7 Å². The topological polar surface area (TPSA) is 75.9 Å². The van der Waals surface area contributed by atoms with E-state index in [-0.39, 0.29) is 0 Å². The Morgan fingerprint density at radius 1 is 0.800 bits per heavy atom. The highest BCUT2D eigenvalue weighted by Crippen LogP contribution is 2.28. The lowest BCUT2D eigenvalue weighted by molar-refractivity contribution is 0.618. The number of nitrogens with zero attached hydrogens (tertiary/aromatic N) is 8. The summed E-state index contributed by atoms with van der Waals surface area (Å²) in [5.41, 5.74) is 4.68. The minimum absolute atomic E-state index is 0.766. The third-order valence-corrected chi connectivity index (χ3v) is 6.04. The smallest absolute Gasteiger partial charge is 0.159 e. The average Bonchev–Trinajstić information content (AvgIpc) is 3.11. The van der Waals surface area contributed by atoms with Crippen LogP contribution in [0.4, 0.5) is 11.6 Å². The zero-order valence-corrected chi connectivity index (χ0v) is 18.0. The lowest BCUT2D eigenvalue weighted by atomic mass is 9.96. The predicted molar refractivity (Wildman–Crippen MR) is 116 cm³/mol. The molecule has 30 heavy (non-hydrogen) atoms. The number of piperazine rings is 1. The highest BCUT2D eigenvalue weighted by molar-refractivity contribution is 5.52.